The molecule has 0 aliphatic heterocycles. The van der Waals surface area contributed by atoms with E-state index in [9.17, 15) is 24.0 Å². The van der Waals surface area contributed by atoms with Crippen LogP contribution in [0.2, 0.25) is 0 Å². The van der Waals surface area contributed by atoms with Crippen LogP contribution >= 0.6 is 0 Å². The highest BCUT2D eigenvalue weighted by Crippen LogP contribution is 2.44. The van der Waals surface area contributed by atoms with Gasteiger partial charge >= 0.3 is 12.1 Å². The number of alkyl carbamates (subject to hydrolysis) is 1. The van der Waals surface area contributed by atoms with Gasteiger partial charge in [0.2, 0.25) is 17.7 Å². The predicted octanol–water partition coefficient (Wildman–Crippen LogP) is 2.98. The fraction of sp³-hybridized carbons (Fsp3) is 0.324. The van der Waals surface area contributed by atoms with Crippen molar-refractivity contribution < 1.29 is 33.8 Å². The van der Waals surface area contributed by atoms with Gasteiger partial charge in [0.25, 0.3) is 0 Å². The lowest BCUT2D eigenvalue weighted by Crippen LogP contribution is -2.56. The molecule has 4 amide bonds. The van der Waals surface area contributed by atoms with Gasteiger partial charge in [0.15, 0.2) is 0 Å². The van der Waals surface area contributed by atoms with E-state index in [0.29, 0.717) is 0 Å². The fourth-order valence-electron chi connectivity index (χ4n) is 5.37. The Hall–Kier alpha value is -5.19. The van der Waals surface area contributed by atoms with Crippen LogP contribution < -0.4 is 21.3 Å². The summed E-state index contributed by atoms with van der Waals surface area (Å²) >= 11 is 0. The molecule has 4 rings (SSSR count). The third-order valence-electron chi connectivity index (χ3n) is 7.43. The maximum absolute atomic E-state index is 13.4. The summed E-state index contributed by atoms with van der Waals surface area (Å²) in [6, 6.07) is 22.8. The van der Waals surface area contributed by atoms with Crippen molar-refractivity contribution in [1.29, 1.82) is 0 Å². The minimum Gasteiger partial charge on any atom is -0.480 e. The summed E-state index contributed by atoms with van der Waals surface area (Å²) in [5.74, 6) is -3.23. The van der Waals surface area contributed by atoms with Gasteiger partial charge in [-0.15, -0.1) is 0 Å². The van der Waals surface area contributed by atoms with E-state index in [1.807, 2.05) is 68.4 Å². The number of fused-ring (bicyclic) bond motifs is 3. The zero-order valence-electron chi connectivity index (χ0n) is 25.2. The second-order valence-corrected chi connectivity index (χ2v) is 11.3. The molecule has 0 radical (unpaired) electrons. The van der Waals surface area contributed by atoms with Crippen molar-refractivity contribution in [3.8, 4) is 11.1 Å². The minimum atomic E-state index is -1.21. The number of rotatable bonds is 14. The largest absolute Gasteiger partial charge is 0.480 e. The number of carboxylic acids is 1. The number of carbonyl (C=O) groups excluding carboxylic acids is 4. The lowest BCUT2D eigenvalue weighted by atomic mass is 9.98. The van der Waals surface area contributed by atoms with Crippen molar-refractivity contribution in [3.05, 3.63) is 95.6 Å². The predicted molar refractivity (Wildman–Crippen MR) is 167 cm³/mol. The number of nitrogens with one attached hydrogen (secondary N) is 4. The van der Waals surface area contributed by atoms with Crippen LogP contribution in [0.1, 0.15) is 42.9 Å². The van der Waals surface area contributed by atoms with Crippen LogP contribution in [0.5, 0.6) is 0 Å². The van der Waals surface area contributed by atoms with Crippen molar-refractivity contribution in [2.75, 3.05) is 19.7 Å². The van der Waals surface area contributed by atoms with E-state index in [0.717, 1.165) is 27.8 Å². The zero-order valence-corrected chi connectivity index (χ0v) is 25.2. The summed E-state index contributed by atoms with van der Waals surface area (Å²) in [6.07, 6.45) is -0.399. The van der Waals surface area contributed by atoms with Crippen molar-refractivity contribution in [1.82, 2.24) is 21.3 Å². The number of hydrogen-bond donors (Lipinski definition) is 5. The molecule has 3 aromatic rings. The lowest BCUT2D eigenvalue weighted by Gasteiger charge is -2.24. The van der Waals surface area contributed by atoms with E-state index in [1.54, 1.807) is 24.3 Å². The Labute approximate surface area is 261 Å². The Bertz CT molecular complexity index is 1480. The molecule has 1 aliphatic rings. The molecule has 236 valence electrons. The summed E-state index contributed by atoms with van der Waals surface area (Å²) in [7, 11) is 0. The second kappa shape index (κ2) is 15.5. The number of hydrogen-bond acceptors (Lipinski definition) is 6. The summed E-state index contributed by atoms with van der Waals surface area (Å²) in [6.45, 7) is 2.78. The molecule has 0 bridgehead atoms. The molecule has 5 N–H and O–H groups in total. The minimum absolute atomic E-state index is 0.00875. The van der Waals surface area contributed by atoms with E-state index < -0.39 is 55.0 Å². The van der Waals surface area contributed by atoms with E-state index in [1.165, 1.54) is 0 Å². The average molecular weight is 615 g/mol. The molecule has 11 heteroatoms. The number of ether oxygens (including phenoxy) is 1. The molecule has 1 aliphatic carbocycles. The highest BCUT2D eigenvalue weighted by Gasteiger charge is 2.30. The number of amides is 4. The normalized spacial score (nSPS) is 13.1. The van der Waals surface area contributed by atoms with E-state index in [-0.39, 0.29) is 31.3 Å². The molecule has 3 aromatic carbocycles. The van der Waals surface area contributed by atoms with Gasteiger partial charge in [0, 0.05) is 12.3 Å². The molecule has 0 spiro atoms. The number of benzene rings is 3. The molecule has 2 atom stereocenters. The quantitative estimate of drug-likeness (QED) is 0.186. The zero-order chi connectivity index (χ0) is 32.3. The van der Waals surface area contributed by atoms with Crippen molar-refractivity contribution in [2.24, 2.45) is 5.92 Å². The van der Waals surface area contributed by atoms with Gasteiger partial charge in [-0.05, 0) is 40.2 Å². The molecular weight excluding hydrogens is 576 g/mol. The molecule has 0 heterocycles. The highest BCUT2D eigenvalue weighted by molar-refractivity contribution is 5.93. The fourth-order valence-corrected chi connectivity index (χ4v) is 5.37. The van der Waals surface area contributed by atoms with E-state index >= 15 is 0 Å². The van der Waals surface area contributed by atoms with Crippen molar-refractivity contribution >= 4 is 29.8 Å². The SMILES string of the molecule is CC(C)CC(NC(=O)C(Cc1ccccc1)NC(=O)CNC(=O)OCC1c2ccccc2-c2ccccc21)C(=O)NCC(=O)O. The molecular formula is C34H38N4O7. The second-order valence-electron chi connectivity index (χ2n) is 11.3. The lowest BCUT2D eigenvalue weighted by molar-refractivity contribution is -0.138. The molecule has 45 heavy (non-hydrogen) atoms. The molecule has 0 saturated heterocycles. The first kappa shape index (κ1) is 32.7. The van der Waals surface area contributed by atoms with E-state index in [4.69, 9.17) is 9.84 Å². The molecule has 0 fully saturated rings. The highest BCUT2D eigenvalue weighted by atomic mass is 16.5. The van der Waals surface area contributed by atoms with Gasteiger partial charge in [-0.25, -0.2) is 4.79 Å². The van der Waals surface area contributed by atoms with Crippen LogP contribution in [0.4, 0.5) is 4.79 Å². The van der Waals surface area contributed by atoms with Gasteiger partial charge in [0.1, 0.15) is 31.8 Å². The third-order valence-corrected chi connectivity index (χ3v) is 7.43. The Kier molecular flexibility index (Phi) is 11.3. The standard InChI is InChI=1S/C34H38N4O7/c1-21(2)16-28(32(42)35-19-31(40)41)38-33(43)29(17-22-10-4-3-5-11-22)37-30(39)18-36-34(44)45-20-27-25-14-8-6-12-23(25)24-13-7-9-15-26(24)27/h3-15,21,27-29H,16-20H2,1-2H3,(H,35,42)(H,36,44)(H,37,39)(H,38,43)(H,40,41). The molecule has 11 nitrogen and oxygen atoms in total. The van der Waals surface area contributed by atoms with Crippen molar-refractivity contribution in [2.45, 2.75) is 44.7 Å². The Morgan fingerprint density at radius 3 is 1.93 bits per heavy atom. The monoisotopic (exact) mass is 614 g/mol. The van der Waals surface area contributed by atoms with Crippen LogP contribution in [0.3, 0.4) is 0 Å². The first-order valence-corrected chi connectivity index (χ1v) is 14.8. The molecule has 2 unspecified atom stereocenters. The molecule has 0 aromatic heterocycles. The summed E-state index contributed by atoms with van der Waals surface area (Å²) in [5.41, 5.74) is 5.08. The Morgan fingerprint density at radius 2 is 1.33 bits per heavy atom. The Morgan fingerprint density at radius 1 is 0.733 bits per heavy atom. The van der Waals surface area contributed by atoms with Crippen LogP contribution in [0.25, 0.3) is 11.1 Å². The first-order chi connectivity index (χ1) is 21.6. The van der Waals surface area contributed by atoms with Crippen LogP contribution in [0, 0.1) is 5.92 Å². The maximum atomic E-state index is 13.4. The van der Waals surface area contributed by atoms with Gasteiger partial charge in [-0.3, -0.25) is 19.2 Å². The van der Waals surface area contributed by atoms with Gasteiger partial charge < -0.3 is 31.1 Å². The number of carboxylic acid groups (broad SMARTS) is 1. The third kappa shape index (κ3) is 9.15. The number of carbonyl (C=O) groups is 5. The first-order valence-electron chi connectivity index (χ1n) is 14.8. The summed E-state index contributed by atoms with van der Waals surface area (Å²) < 4.78 is 5.50. The summed E-state index contributed by atoms with van der Waals surface area (Å²) in [5, 5.41) is 19.0. The number of aliphatic carboxylic acids is 1. The van der Waals surface area contributed by atoms with Gasteiger partial charge in [0.05, 0.1) is 0 Å². The van der Waals surface area contributed by atoms with Crippen LogP contribution in [-0.2, 0) is 30.3 Å². The van der Waals surface area contributed by atoms with Crippen LogP contribution in [-0.4, -0.2) is 66.7 Å². The van der Waals surface area contributed by atoms with Gasteiger partial charge in [-0.1, -0.05) is 92.7 Å². The molecule has 0 saturated carbocycles. The Balaban J connectivity index is 1.35. The average Bonchev–Trinajstić information content (AvgIpc) is 3.34. The van der Waals surface area contributed by atoms with E-state index in [2.05, 4.69) is 21.3 Å². The summed E-state index contributed by atoms with van der Waals surface area (Å²) in [4.78, 5) is 62.5. The maximum Gasteiger partial charge on any atom is 0.407 e. The smallest absolute Gasteiger partial charge is 0.407 e. The van der Waals surface area contributed by atoms with Gasteiger partial charge in [-0.2, -0.15) is 0 Å². The topological polar surface area (TPSA) is 163 Å². The van der Waals surface area contributed by atoms with Crippen LogP contribution in [0.15, 0.2) is 78.9 Å². The van der Waals surface area contributed by atoms with Crippen molar-refractivity contribution in [3.63, 3.8) is 0 Å².